The fraction of sp³-hybridized carbons (Fsp3) is 0.562. The van der Waals surface area contributed by atoms with Crippen molar-refractivity contribution in [2.45, 2.75) is 26.8 Å². The molecule has 1 aromatic rings. The van der Waals surface area contributed by atoms with Gasteiger partial charge in [0.15, 0.2) is 0 Å². The van der Waals surface area contributed by atoms with Crippen LogP contribution in [0.2, 0.25) is 0 Å². The van der Waals surface area contributed by atoms with Crippen LogP contribution in [0.25, 0.3) is 0 Å². The van der Waals surface area contributed by atoms with Gasteiger partial charge < -0.3 is 11.1 Å². The highest BCUT2D eigenvalue weighted by Gasteiger charge is 2.23. The van der Waals surface area contributed by atoms with Gasteiger partial charge in [-0.15, -0.1) is 0 Å². The smallest absolute Gasteiger partial charge is 0.238 e. The van der Waals surface area contributed by atoms with Gasteiger partial charge in [-0.05, 0) is 38.1 Å². The maximum atomic E-state index is 12.2. The summed E-state index contributed by atoms with van der Waals surface area (Å²) in [7, 11) is 0. The van der Waals surface area contributed by atoms with Gasteiger partial charge in [-0.1, -0.05) is 13.0 Å². The third-order valence-corrected chi connectivity index (χ3v) is 4.16. The first-order valence-electron chi connectivity index (χ1n) is 7.62. The molecule has 1 atom stereocenters. The highest BCUT2D eigenvalue weighted by atomic mass is 16.2. The summed E-state index contributed by atoms with van der Waals surface area (Å²) >= 11 is 0. The van der Waals surface area contributed by atoms with E-state index in [9.17, 15) is 4.79 Å². The molecule has 0 aliphatic carbocycles. The minimum absolute atomic E-state index is 0.0286. The van der Waals surface area contributed by atoms with Crippen LogP contribution in [-0.4, -0.2) is 54.5 Å². The van der Waals surface area contributed by atoms with E-state index in [0.717, 1.165) is 37.4 Å². The molecule has 21 heavy (non-hydrogen) atoms. The zero-order valence-corrected chi connectivity index (χ0v) is 13.2. The highest BCUT2D eigenvalue weighted by molar-refractivity contribution is 5.93. The van der Waals surface area contributed by atoms with Crippen molar-refractivity contribution in [3.05, 3.63) is 23.8 Å². The second kappa shape index (κ2) is 6.91. The van der Waals surface area contributed by atoms with Crippen molar-refractivity contribution < 1.29 is 4.79 Å². The first kappa shape index (κ1) is 15.8. The number of amides is 1. The van der Waals surface area contributed by atoms with E-state index in [0.29, 0.717) is 18.3 Å². The Morgan fingerprint density at radius 1 is 1.43 bits per heavy atom. The molecule has 0 bridgehead atoms. The SMILES string of the molecule is CCN1CCN(CC(=O)Nc2cc(N)ccc2C)CC1C. The molecule has 0 spiro atoms. The van der Waals surface area contributed by atoms with Crippen LogP contribution in [0.15, 0.2) is 18.2 Å². The second-order valence-corrected chi connectivity index (χ2v) is 5.84. The summed E-state index contributed by atoms with van der Waals surface area (Å²) < 4.78 is 0. The molecular formula is C16H26N4O. The van der Waals surface area contributed by atoms with E-state index < -0.39 is 0 Å². The van der Waals surface area contributed by atoms with Crippen LogP contribution >= 0.6 is 0 Å². The molecule has 1 aliphatic heterocycles. The van der Waals surface area contributed by atoms with Crippen molar-refractivity contribution in [3.8, 4) is 0 Å². The summed E-state index contributed by atoms with van der Waals surface area (Å²) in [6.07, 6.45) is 0. The summed E-state index contributed by atoms with van der Waals surface area (Å²) in [6.45, 7) is 10.8. The number of piperazine rings is 1. The topological polar surface area (TPSA) is 61.6 Å². The van der Waals surface area contributed by atoms with E-state index in [4.69, 9.17) is 5.73 Å². The zero-order chi connectivity index (χ0) is 15.4. The van der Waals surface area contributed by atoms with Gasteiger partial charge in [0.05, 0.1) is 6.54 Å². The molecule has 5 nitrogen and oxygen atoms in total. The van der Waals surface area contributed by atoms with Crippen LogP contribution in [0, 0.1) is 6.92 Å². The number of rotatable bonds is 4. The lowest BCUT2D eigenvalue weighted by Crippen LogP contribution is -2.53. The standard InChI is InChI=1S/C16H26N4O/c1-4-20-8-7-19(10-13(20)3)11-16(21)18-15-9-14(17)6-5-12(15)2/h5-6,9,13H,4,7-8,10-11,17H2,1-3H3,(H,18,21). The van der Waals surface area contributed by atoms with Crippen LogP contribution in [0.3, 0.4) is 0 Å². The lowest BCUT2D eigenvalue weighted by molar-refractivity contribution is -0.118. The van der Waals surface area contributed by atoms with E-state index >= 15 is 0 Å². The fourth-order valence-corrected chi connectivity index (χ4v) is 2.85. The molecule has 1 aromatic carbocycles. The highest BCUT2D eigenvalue weighted by Crippen LogP contribution is 2.18. The second-order valence-electron chi connectivity index (χ2n) is 5.84. The van der Waals surface area contributed by atoms with E-state index in [2.05, 4.69) is 29.0 Å². The van der Waals surface area contributed by atoms with Crippen molar-refractivity contribution in [1.29, 1.82) is 0 Å². The molecule has 5 heteroatoms. The number of carbonyl (C=O) groups excluding carboxylic acids is 1. The van der Waals surface area contributed by atoms with Gasteiger partial charge in [0.1, 0.15) is 0 Å². The molecule has 0 saturated carbocycles. The van der Waals surface area contributed by atoms with Crippen LogP contribution in [0.5, 0.6) is 0 Å². The quantitative estimate of drug-likeness (QED) is 0.826. The average molecular weight is 290 g/mol. The first-order chi connectivity index (χ1) is 9.99. The largest absolute Gasteiger partial charge is 0.399 e. The van der Waals surface area contributed by atoms with Crippen LogP contribution in [0.1, 0.15) is 19.4 Å². The normalized spacial score (nSPS) is 20.4. The summed E-state index contributed by atoms with van der Waals surface area (Å²) in [5.41, 5.74) is 8.27. The predicted octanol–water partition coefficient (Wildman–Crippen LogP) is 1.54. The van der Waals surface area contributed by atoms with E-state index in [1.54, 1.807) is 0 Å². The van der Waals surface area contributed by atoms with Crippen molar-refractivity contribution >= 4 is 17.3 Å². The Morgan fingerprint density at radius 2 is 2.19 bits per heavy atom. The van der Waals surface area contributed by atoms with E-state index in [1.165, 1.54) is 0 Å². The Bertz CT molecular complexity index is 503. The van der Waals surface area contributed by atoms with Crippen molar-refractivity contribution in [2.24, 2.45) is 0 Å². The summed E-state index contributed by atoms with van der Waals surface area (Å²) in [4.78, 5) is 16.9. The van der Waals surface area contributed by atoms with Gasteiger partial charge >= 0.3 is 0 Å². The third-order valence-electron chi connectivity index (χ3n) is 4.16. The van der Waals surface area contributed by atoms with E-state index in [-0.39, 0.29) is 5.91 Å². The molecule has 116 valence electrons. The summed E-state index contributed by atoms with van der Waals surface area (Å²) in [6, 6.07) is 6.08. The maximum Gasteiger partial charge on any atom is 0.238 e. The Kier molecular flexibility index (Phi) is 5.20. The molecule has 1 unspecified atom stereocenters. The monoisotopic (exact) mass is 290 g/mol. The molecule has 1 fully saturated rings. The Balaban J connectivity index is 1.89. The molecule has 1 heterocycles. The maximum absolute atomic E-state index is 12.2. The molecule has 3 N–H and O–H groups in total. The summed E-state index contributed by atoms with van der Waals surface area (Å²) in [5.74, 6) is 0.0286. The Morgan fingerprint density at radius 3 is 2.86 bits per heavy atom. The number of carbonyl (C=O) groups is 1. The van der Waals surface area contributed by atoms with Crippen LogP contribution in [-0.2, 0) is 4.79 Å². The fourth-order valence-electron chi connectivity index (χ4n) is 2.85. The van der Waals surface area contributed by atoms with E-state index in [1.807, 2.05) is 25.1 Å². The van der Waals surface area contributed by atoms with Gasteiger partial charge in [-0.3, -0.25) is 14.6 Å². The molecule has 0 aromatic heterocycles. The van der Waals surface area contributed by atoms with Gasteiger partial charge in [0.2, 0.25) is 5.91 Å². The van der Waals surface area contributed by atoms with Gasteiger partial charge in [0.25, 0.3) is 0 Å². The lowest BCUT2D eigenvalue weighted by Gasteiger charge is -2.38. The number of likely N-dealkylation sites (N-methyl/N-ethyl adjacent to an activating group) is 1. The number of anilines is 2. The molecular weight excluding hydrogens is 264 g/mol. The number of benzene rings is 1. The molecule has 1 amide bonds. The van der Waals surface area contributed by atoms with Crippen LogP contribution < -0.4 is 11.1 Å². The van der Waals surface area contributed by atoms with Crippen molar-refractivity contribution in [1.82, 2.24) is 9.80 Å². The molecule has 2 rings (SSSR count). The Hall–Kier alpha value is -1.59. The zero-order valence-electron chi connectivity index (χ0n) is 13.2. The minimum atomic E-state index is 0.0286. The first-order valence-corrected chi connectivity index (χ1v) is 7.62. The number of nitrogens with two attached hydrogens (primary N) is 1. The summed E-state index contributed by atoms with van der Waals surface area (Å²) in [5, 5.41) is 2.96. The molecule has 0 radical (unpaired) electrons. The third kappa shape index (κ3) is 4.19. The number of nitrogen functional groups attached to an aromatic ring is 1. The number of aryl methyl sites for hydroxylation is 1. The van der Waals surface area contributed by atoms with Gasteiger partial charge in [-0.25, -0.2) is 0 Å². The number of hydrogen-bond acceptors (Lipinski definition) is 4. The number of hydrogen-bond donors (Lipinski definition) is 2. The van der Waals surface area contributed by atoms with Crippen molar-refractivity contribution in [2.75, 3.05) is 43.8 Å². The number of nitrogens with zero attached hydrogens (tertiary/aromatic N) is 2. The minimum Gasteiger partial charge on any atom is -0.399 e. The van der Waals surface area contributed by atoms with Gasteiger partial charge in [0, 0.05) is 37.1 Å². The number of nitrogens with one attached hydrogen (secondary N) is 1. The lowest BCUT2D eigenvalue weighted by atomic mass is 10.1. The van der Waals surface area contributed by atoms with Gasteiger partial charge in [-0.2, -0.15) is 0 Å². The predicted molar refractivity (Wildman–Crippen MR) is 87.4 cm³/mol. The Labute approximate surface area is 127 Å². The average Bonchev–Trinajstić information content (AvgIpc) is 2.43. The van der Waals surface area contributed by atoms with Crippen LogP contribution in [0.4, 0.5) is 11.4 Å². The molecule has 1 saturated heterocycles. The van der Waals surface area contributed by atoms with Crippen molar-refractivity contribution in [3.63, 3.8) is 0 Å². The molecule has 1 aliphatic rings.